The minimum Gasteiger partial charge on any atom is -0.462 e. The van der Waals surface area contributed by atoms with Gasteiger partial charge in [-0.05, 0) is 26.3 Å². The molecular weight excluding hydrogens is 382 g/mol. The molecule has 0 bridgehead atoms. The number of rotatable bonds is 6. The van der Waals surface area contributed by atoms with Crippen LogP contribution in [-0.4, -0.2) is 44.0 Å². The first kappa shape index (κ1) is 17.8. The highest BCUT2D eigenvalue weighted by molar-refractivity contribution is 8.01. The van der Waals surface area contributed by atoms with Crippen LogP contribution >= 0.6 is 34.4 Å². The Morgan fingerprint density at radius 3 is 2.88 bits per heavy atom. The van der Waals surface area contributed by atoms with E-state index in [4.69, 9.17) is 4.74 Å². The molecule has 0 aromatic carbocycles. The van der Waals surface area contributed by atoms with Crippen molar-refractivity contribution in [2.24, 2.45) is 0 Å². The minimum absolute atomic E-state index is 0.183. The average Bonchev–Trinajstić information content (AvgIpc) is 3.20. The fourth-order valence-electron chi connectivity index (χ4n) is 2.05. The fourth-order valence-corrected chi connectivity index (χ4v) is 4.78. The van der Waals surface area contributed by atoms with Gasteiger partial charge in [-0.2, -0.15) is 4.52 Å². The topological polar surface area (TPSA) is 98.5 Å². The van der Waals surface area contributed by atoms with E-state index in [9.17, 15) is 9.59 Å². The summed E-state index contributed by atoms with van der Waals surface area (Å²) in [5, 5.41) is 15.2. The van der Waals surface area contributed by atoms with Gasteiger partial charge in [-0.25, -0.2) is 4.79 Å². The molecule has 0 unspecified atom stereocenters. The third-order valence-electron chi connectivity index (χ3n) is 3.31. The molecule has 0 aliphatic carbocycles. The fraction of sp³-hybridized carbons (Fsp3) is 0.357. The molecule has 132 valence electrons. The number of nitrogens with zero attached hydrogens (tertiary/aromatic N) is 4. The average molecular weight is 398 g/mol. The predicted octanol–water partition coefficient (Wildman–Crippen LogP) is 2.77. The van der Waals surface area contributed by atoms with Gasteiger partial charge in [-0.3, -0.25) is 4.79 Å². The van der Waals surface area contributed by atoms with Crippen LogP contribution in [0.15, 0.2) is 10.7 Å². The molecule has 0 saturated carbocycles. The molecule has 0 fully saturated rings. The Hall–Kier alpha value is -1.98. The maximum atomic E-state index is 12.3. The zero-order valence-corrected chi connectivity index (χ0v) is 16.2. The minimum atomic E-state index is -0.416. The number of esters is 1. The Kier molecular flexibility index (Phi) is 5.35. The monoisotopic (exact) mass is 397 g/mol. The van der Waals surface area contributed by atoms with E-state index in [0.717, 1.165) is 14.8 Å². The molecule has 3 rings (SSSR count). The second kappa shape index (κ2) is 7.50. The molecule has 1 N–H and O–H groups in total. The second-order valence-corrected chi connectivity index (χ2v) is 8.37. The van der Waals surface area contributed by atoms with Crippen molar-refractivity contribution < 1.29 is 14.3 Å². The molecule has 0 saturated heterocycles. The van der Waals surface area contributed by atoms with Gasteiger partial charge in [0.2, 0.25) is 10.9 Å². The Balaban J connectivity index is 1.67. The van der Waals surface area contributed by atoms with Crippen molar-refractivity contribution >= 4 is 56.3 Å². The number of thioether (sulfide) groups is 1. The van der Waals surface area contributed by atoms with Crippen LogP contribution in [0.25, 0.3) is 4.96 Å². The summed E-state index contributed by atoms with van der Waals surface area (Å²) in [5.74, 6) is -0.439. The lowest BCUT2D eigenvalue weighted by Gasteiger charge is -2.06. The zero-order chi connectivity index (χ0) is 18.0. The summed E-state index contributed by atoms with van der Waals surface area (Å²) >= 11 is 4.04. The third-order valence-corrected chi connectivity index (χ3v) is 6.48. The lowest BCUT2D eigenvalue weighted by Crippen LogP contribution is -2.16. The van der Waals surface area contributed by atoms with Gasteiger partial charge in [-0.1, -0.05) is 23.1 Å². The summed E-state index contributed by atoms with van der Waals surface area (Å²) in [6.07, 6.45) is 1.51. The number of thiophene rings is 1. The molecule has 25 heavy (non-hydrogen) atoms. The number of ether oxygens (including phenoxy) is 1. The largest absolute Gasteiger partial charge is 0.462 e. The van der Waals surface area contributed by atoms with E-state index in [1.807, 2.05) is 13.8 Å². The highest BCUT2D eigenvalue weighted by atomic mass is 32.2. The van der Waals surface area contributed by atoms with Gasteiger partial charge in [0.25, 0.3) is 0 Å². The second-order valence-electron chi connectivity index (χ2n) is 4.97. The number of carbonyl (C=O) groups is 2. The van der Waals surface area contributed by atoms with Crippen LogP contribution in [0.5, 0.6) is 0 Å². The van der Waals surface area contributed by atoms with Crippen molar-refractivity contribution in [3.05, 3.63) is 22.3 Å². The summed E-state index contributed by atoms with van der Waals surface area (Å²) in [7, 11) is 0. The molecule has 0 aliphatic rings. The number of nitrogens with one attached hydrogen (secondary N) is 1. The van der Waals surface area contributed by atoms with Crippen molar-refractivity contribution in [1.82, 2.24) is 19.8 Å². The van der Waals surface area contributed by atoms with Crippen LogP contribution in [0.4, 0.5) is 5.00 Å². The molecule has 3 aromatic heterocycles. The summed E-state index contributed by atoms with van der Waals surface area (Å²) < 4.78 is 7.38. The van der Waals surface area contributed by atoms with Crippen molar-refractivity contribution in [1.29, 1.82) is 0 Å². The lowest BCUT2D eigenvalue weighted by molar-refractivity contribution is -0.113. The first-order chi connectivity index (χ1) is 12.0. The normalized spacial score (nSPS) is 11.0. The van der Waals surface area contributed by atoms with Gasteiger partial charge >= 0.3 is 5.97 Å². The predicted molar refractivity (Wildman–Crippen MR) is 97.8 cm³/mol. The molecule has 0 radical (unpaired) electrons. The summed E-state index contributed by atoms with van der Waals surface area (Å²) in [5.41, 5.74) is 1.27. The van der Waals surface area contributed by atoms with E-state index in [0.29, 0.717) is 15.5 Å². The number of amides is 1. The SMILES string of the molecule is CCOC(=O)c1c(NC(=O)CSc2nn3cnnc3s2)sc(C)c1C. The third kappa shape index (κ3) is 3.83. The molecule has 1 amide bonds. The van der Waals surface area contributed by atoms with E-state index in [1.165, 1.54) is 40.8 Å². The van der Waals surface area contributed by atoms with Crippen molar-refractivity contribution in [3.63, 3.8) is 0 Å². The quantitative estimate of drug-likeness (QED) is 0.504. The van der Waals surface area contributed by atoms with Crippen LogP contribution in [0.3, 0.4) is 0 Å². The summed E-state index contributed by atoms with van der Waals surface area (Å²) in [4.78, 5) is 26.0. The molecular formula is C14H15N5O3S3. The van der Waals surface area contributed by atoms with Gasteiger partial charge in [-0.15, -0.1) is 26.6 Å². The van der Waals surface area contributed by atoms with Gasteiger partial charge in [0.15, 0.2) is 4.34 Å². The highest BCUT2D eigenvalue weighted by Crippen LogP contribution is 2.33. The molecule has 8 nitrogen and oxygen atoms in total. The molecule has 0 atom stereocenters. The van der Waals surface area contributed by atoms with Crippen LogP contribution in [0.1, 0.15) is 27.7 Å². The van der Waals surface area contributed by atoms with E-state index in [-0.39, 0.29) is 18.3 Å². The van der Waals surface area contributed by atoms with Gasteiger partial charge < -0.3 is 10.1 Å². The first-order valence-corrected chi connectivity index (χ1v) is 9.98. The van der Waals surface area contributed by atoms with E-state index in [2.05, 4.69) is 20.6 Å². The first-order valence-electron chi connectivity index (χ1n) is 7.36. The number of anilines is 1. The number of aromatic nitrogens is 4. The summed E-state index contributed by atoms with van der Waals surface area (Å²) in [6.45, 7) is 5.80. The van der Waals surface area contributed by atoms with Crippen LogP contribution in [0.2, 0.25) is 0 Å². The van der Waals surface area contributed by atoms with E-state index in [1.54, 1.807) is 11.4 Å². The van der Waals surface area contributed by atoms with E-state index < -0.39 is 5.97 Å². The van der Waals surface area contributed by atoms with E-state index >= 15 is 0 Å². The molecule has 0 spiro atoms. The number of carbonyl (C=O) groups excluding carboxylic acids is 2. The number of hydrogen-bond acceptors (Lipinski definition) is 9. The molecule has 3 aromatic rings. The molecule has 3 heterocycles. The van der Waals surface area contributed by atoms with Gasteiger partial charge in [0, 0.05) is 4.88 Å². The highest BCUT2D eigenvalue weighted by Gasteiger charge is 2.22. The summed E-state index contributed by atoms with van der Waals surface area (Å²) in [6, 6.07) is 0. The Labute approximate surface area is 155 Å². The van der Waals surface area contributed by atoms with Gasteiger partial charge in [0.05, 0.1) is 17.9 Å². The lowest BCUT2D eigenvalue weighted by atomic mass is 10.1. The Morgan fingerprint density at radius 2 is 2.16 bits per heavy atom. The molecule has 0 aliphatic heterocycles. The maximum Gasteiger partial charge on any atom is 0.341 e. The standard InChI is InChI=1S/C14H15N5O3S3/c1-4-22-12(21)10-7(2)8(3)24-11(10)16-9(20)5-23-14-18-19-6-15-17-13(19)25-14/h6H,4-5H2,1-3H3,(H,16,20). The molecule has 11 heteroatoms. The van der Waals surface area contributed by atoms with Crippen LogP contribution < -0.4 is 5.32 Å². The van der Waals surface area contributed by atoms with Crippen LogP contribution in [-0.2, 0) is 9.53 Å². The number of aryl methyl sites for hydroxylation is 1. The van der Waals surface area contributed by atoms with Gasteiger partial charge in [0.1, 0.15) is 11.3 Å². The zero-order valence-electron chi connectivity index (χ0n) is 13.7. The Bertz CT molecular complexity index is 901. The van der Waals surface area contributed by atoms with Crippen molar-refractivity contribution in [3.8, 4) is 0 Å². The Morgan fingerprint density at radius 1 is 1.36 bits per heavy atom. The van der Waals surface area contributed by atoms with Crippen LogP contribution in [0, 0.1) is 13.8 Å². The van der Waals surface area contributed by atoms with Crippen molar-refractivity contribution in [2.75, 3.05) is 17.7 Å². The number of fused-ring (bicyclic) bond motifs is 1. The smallest absolute Gasteiger partial charge is 0.341 e. The maximum absolute atomic E-state index is 12.3. The van der Waals surface area contributed by atoms with Crippen molar-refractivity contribution in [2.45, 2.75) is 25.1 Å². The number of hydrogen-bond donors (Lipinski definition) is 1.